The minimum Gasteiger partial charge on any atom is -0.232 e. The van der Waals surface area contributed by atoms with Crippen molar-refractivity contribution in [2.75, 3.05) is 0 Å². The second-order valence-corrected chi connectivity index (χ2v) is 7.01. The van der Waals surface area contributed by atoms with Gasteiger partial charge in [-0.05, 0) is 41.6 Å². The molecule has 2 aliphatic carbocycles. The van der Waals surface area contributed by atoms with Gasteiger partial charge in [0.15, 0.2) is 5.65 Å². The predicted molar refractivity (Wildman–Crippen MR) is 78.8 cm³/mol. The van der Waals surface area contributed by atoms with Crippen LogP contribution in [0.2, 0.25) is 5.15 Å². The first-order valence-corrected chi connectivity index (χ1v) is 8.10. The number of fused-ring (bicyclic) bond motifs is 3. The predicted octanol–water partition coefficient (Wildman–Crippen LogP) is 4.29. The molecule has 0 N–H and O–H groups in total. The summed E-state index contributed by atoms with van der Waals surface area (Å²) in [6.45, 7) is 0. The standard InChI is InChI=1S/C14H15BrClN3/c15-10-8-17-19-12(16)9-4-7-14(5-2-1-3-6-14)11(9)18-13(10)19/h8H,1-7H2. The molecule has 19 heavy (non-hydrogen) atoms. The van der Waals surface area contributed by atoms with E-state index in [2.05, 4.69) is 21.0 Å². The van der Waals surface area contributed by atoms with Crippen molar-refractivity contribution in [1.29, 1.82) is 0 Å². The molecule has 0 bridgehead atoms. The molecular weight excluding hydrogens is 326 g/mol. The van der Waals surface area contributed by atoms with Crippen LogP contribution in [0.3, 0.4) is 0 Å². The Hall–Kier alpha value is -0.610. The third kappa shape index (κ3) is 1.62. The molecule has 0 amide bonds. The summed E-state index contributed by atoms with van der Waals surface area (Å²) in [4.78, 5) is 4.92. The van der Waals surface area contributed by atoms with Crippen molar-refractivity contribution in [3.63, 3.8) is 0 Å². The maximum absolute atomic E-state index is 6.54. The number of aromatic nitrogens is 3. The topological polar surface area (TPSA) is 30.2 Å². The van der Waals surface area contributed by atoms with Crippen molar-refractivity contribution in [3.05, 3.63) is 27.1 Å². The van der Waals surface area contributed by atoms with E-state index >= 15 is 0 Å². The van der Waals surface area contributed by atoms with E-state index < -0.39 is 0 Å². The largest absolute Gasteiger partial charge is 0.232 e. The van der Waals surface area contributed by atoms with Gasteiger partial charge in [-0.1, -0.05) is 30.9 Å². The Morgan fingerprint density at radius 3 is 2.79 bits per heavy atom. The van der Waals surface area contributed by atoms with Crippen LogP contribution in [0, 0.1) is 0 Å². The molecule has 0 radical (unpaired) electrons. The van der Waals surface area contributed by atoms with Gasteiger partial charge in [0.05, 0.1) is 16.4 Å². The SMILES string of the molecule is Clc1c2c(nc3c(Br)cnn13)C1(CCCCC1)CC2. The van der Waals surface area contributed by atoms with Crippen LogP contribution in [0.5, 0.6) is 0 Å². The summed E-state index contributed by atoms with van der Waals surface area (Å²) in [5.74, 6) is 0. The lowest BCUT2D eigenvalue weighted by atomic mass is 9.72. The first kappa shape index (κ1) is 12.2. The second kappa shape index (κ2) is 4.19. The Morgan fingerprint density at radius 2 is 2.00 bits per heavy atom. The van der Waals surface area contributed by atoms with E-state index in [-0.39, 0.29) is 0 Å². The highest BCUT2D eigenvalue weighted by molar-refractivity contribution is 9.10. The maximum atomic E-state index is 6.54. The van der Waals surface area contributed by atoms with E-state index in [9.17, 15) is 0 Å². The summed E-state index contributed by atoms with van der Waals surface area (Å²) in [5, 5.41) is 5.06. The summed E-state index contributed by atoms with van der Waals surface area (Å²) < 4.78 is 2.68. The highest BCUT2D eigenvalue weighted by Gasteiger charge is 2.42. The maximum Gasteiger partial charge on any atom is 0.171 e. The molecule has 3 nitrogen and oxygen atoms in total. The average molecular weight is 341 g/mol. The molecule has 5 heteroatoms. The Balaban J connectivity index is 1.97. The first-order valence-electron chi connectivity index (χ1n) is 6.93. The summed E-state index contributed by atoms with van der Waals surface area (Å²) >= 11 is 10.1. The van der Waals surface area contributed by atoms with Gasteiger partial charge in [0.2, 0.25) is 0 Å². The van der Waals surface area contributed by atoms with Crippen LogP contribution in [0.4, 0.5) is 0 Å². The van der Waals surface area contributed by atoms with Crippen LogP contribution < -0.4 is 0 Å². The summed E-state index contributed by atoms with van der Waals surface area (Å²) in [7, 11) is 0. The van der Waals surface area contributed by atoms with Gasteiger partial charge in [-0.15, -0.1) is 0 Å². The lowest BCUT2D eigenvalue weighted by molar-refractivity contribution is 0.286. The van der Waals surface area contributed by atoms with Crippen LogP contribution in [-0.4, -0.2) is 14.6 Å². The number of rotatable bonds is 0. The molecule has 1 saturated carbocycles. The van der Waals surface area contributed by atoms with Crippen LogP contribution >= 0.6 is 27.5 Å². The molecule has 4 rings (SSSR count). The quantitative estimate of drug-likeness (QED) is 0.670. The molecule has 0 aromatic carbocycles. The number of hydrogen-bond donors (Lipinski definition) is 0. The van der Waals surface area contributed by atoms with E-state index in [1.165, 1.54) is 49.8 Å². The van der Waals surface area contributed by atoms with Crippen molar-refractivity contribution in [3.8, 4) is 0 Å². The Kier molecular flexibility index (Phi) is 2.68. The van der Waals surface area contributed by atoms with Crippen LogP contribution in [0.25, 0.3) is 5.65 Å². The Morgan fingerprint density at radius 1 is 1.21 bits per heavy atom. The van der Waals surface area contributed by atoms with E-state index in [4.69, 9.17) is 16.6 Å². The van der Waals surface area contributed by atoms with Gasteiger partial charge in [-0.2, -0.15) is 5.10 Å². The number of halogens is 2. The number of hydrogen-bond acceptors (Lipinski definition) is 2. The van der Waals surface area contributed by atoms with Gasteiger partial charge in [-0.3, -0.25) is 0 Å². The first-order chi connectivity index (χ1) is 9.21. The van der Waals surface area contributed by atoms with Crippen molar-refractivity contribution >= 4 is 33.2 Å². The molecule has 0 saturated heterocycles. The smallest absolute Gasteiger partial charge is 0.171 e. The van der Waals surface area contributed by atoms with Gasteiger partial charge in [0, 0.05) is 11.0 Å². The van der Waals surface area contributed by atoms with E-state index in [0.717, 1.165) is 21.7 Å². The summed E-state index contributed by atoms with van der Waals surface area (Å²) in [6.07, 6.45) is 10.6. The number of nitrogens with zero attached hydrogens (tertiary/aromatic N) is 3. The average Bonchev–Trinajstić information content (AvgIpc) is 2.96. The van der Waals surface area contributed by atoms with E-state index in [1.807, 2.05) is 0 Å². The van der Waals surface area contributed by atoms with Gasteiger partial charge < -0.3 is 0 Å². The van der Waals surface area contributed by atoms with Crippen molar-refractivity contribution in [2.24, 2.45) is 0 Å². The zero-order chi connectivity index (χ0) is 13.0. The molecular formula is C14H15BrClN3. The fourth-order valence-electron chi connectivity index (χ4n) is 3.82. The molecule has 0 atom stereocenters. The fraction of sp³-hybridized carbons (Fsp3) is 0.571. The van der Waals surface area contributed by atoms with Gasteiger partial charge >= 0.3 is 0 Å². The molecule has 2 heterocycles. The van der Waals surface area contributed by atoms with E-state index in [1.54, 1.807) is 10.7 Å². The summed E-state index contributed by atoms with van der Waals surface area (Å²) in [6, 6.07) is 0. The minimum absolute atomic E-state index is 0.294. The van der Waals surface area contributed by atoms with Gasteiger partial charge in [0.1, 0.15) is 5.15 Å². The van der Waals surface area contributed by atoms with Crippen LogP contribution in [0.1, 0.15) is 49.8 Å². The highest BCUT2D eigenvalue weighted by Crippen LogP contribution is 2.49. The zero-order valence-electron chi connectivity index (χ0n) is 10.6. The molecule has 0 aliphatic heterocycles. The third-order valence-electron chi connectivity index (χ3n) is 4.81. The van der Waals surface area contributed by atoms with Crippen molar-refractivity contribution < 1.29 is 0 Å². The molecule has 1 spiro atoms. The normalized spacial score (nSPS) is 21.2. The monoisotopic (exact) mass is 339 g/mol. The third-order valence-corrected chi connectivity index (χ3v) is 5.75. The lowest BCUT2D eigenvalue weighted by Crippen LogP contribution is -2.27. The Bertz CT molecular complexity index is 658. The molecule has 2 aliphatic rings. The van der Waals surface area contributed by atoms with E-state index in [0.29, 0.717) is 5.41 Å². The van der Waals surface area contributed by atoms with Crippen molar-refractivity contribution in [2.45, 2.75) is 50.4 Å². The van der Waals surface area contributed by atoms with Gasteiger partial charge in [0.25, 0.3) is 0 Å². The molecule has 1 fully saturated rings. The molecule has 2 aromatic rings. The fourth-order valence-corrected chi connectivity index (χ4v) is 4.48. The van der Waals surface area contributed by atoms with Crippen LogP contribution in [-0.2, 0) is 11.8 Å². The zero-order valence-corrected chi connectivity index (χ0v) is 13.0. The van der Waals surface area contributed by atoms with Crippen molar-refractivity contribution in [1.82, 2.24) is 14.6 Å². The van der Waals surface area contributed by atoms with Gasteiger partial charge in [-0.25, -0.2) is 9.50 Å². The summed E-state index contributed by atoms with van der Waals surface area (Å²) in [5.41, 5.74) is 3.64. The second-order valence-electron chi connectivity index (χ2n) is 5.80. The molecule has 100 valence electrons. The highest BCUT2D eigenvalue weighted by atomic mass is 79.9. The van der Waals surface area contributed by atoms with Crippen LogP contribution in [0.15, 0.2) is 10.7 Å². The minimum atomic E-state index is 0.294. The lowest BCUT2D eigenvalue weighted by Gasteiger charge is -2.33. The Labute approximate surface area is 125 Å². The molecule has 0 unspecified atom stereocenters. The molecule has 2 aromatic heterocycles.